The molecule has 0 spiro atoms. The second-order valence-electron chi connectivity index (χ2n) is 5.80. The number of nitrogens with one attached hydrogen (secondary N) is 2. The molecule has 0 radical (unpaired) electrons. The number of benzene rings is 1. The van der Waals surface area contributed by atoms with Crippen molar-refractivity contribution >= 4 is 22.5 Å². The van der Waals surface area contributed by atoms with Gasteiger partial charge in [-0.1, -0.05) is 26.0 Å². The molecule has 0 fully saturated rings. The Bertz CT molecular complexity index is 700. The highest BCUT2D eigenvalue weighted by Crippen LogP contribution is 2.22. The maximum Gasteiger partial charge on any atom is 0.321 e. The van der Waals surface area contributed by atoms with E-state index in [9.17, 15) is 9.18 Å². The molecule has 2 aromatic rings. The molecule has 0 aliphatic heterocycles. The minimum atomic E-state index is -0.255. The van der Waals surface area contributed by atoms with Crippen molar-refractivity contribution in [1.82, 2.24) is 15.2 Å². The summed E-state index contributed by atoms with van der Waals surface area (Å²) in [6.45, 7) is 9.29. The largest absolute Gasteiger partial charge is 0.337 e. The van der Waals surface area contributed by atoms with Gasteiger partial charge in [-0.3, -0.25) is 5.32 Å². The fourth-order valence-corrected chi connectivity index (χ4v) is 3.24. The summed E-state index contributed by atoms with van der Waals surface area (Å²) in [5, 5.41) is 6.12. The molecule has 2 N–H and O–H groups in total. The van der Waals surface area contributed by atoms with Crippen LogP contribution in [-0.2, 0) is 6.42 Å². The standard InChI is InChI=1S/C18H25FN4OS/c1-4-23(5-2)9-8-20-17(24)22-18-21-12-15(25-18)10-14-7-6-13(3)16(19)11-14/h6-7,11-12H,4-5,8-10H2,1-3H3,(H2,20,21,22,24). The number of aryl methyl sites for hydroxylation is 1. The van der Waals surface area contributed by atoms with Crippen molar-refractivity contribution < 1.29 is 9.18 Å². The number of urea groups is 1. The highest BCUT2D eigenvalue weighted by molar-refractivity contribution is 7.15. The first-order valence-electron chi connectivity index (χ1n) is 8.48. The molecular formula is C18H25FN4OS. The van der Waals surface area contributed by atoms with Crippen LogP contribution in [-0.4, -0.2) is 42.1 Å². The van der Waals surface area contributed by atoms with Crippen molar-refractivity contribution in [3.8, 4) is 0 Å². The first kappa shape index (κ1) is 19.3. The summed E-state index contributed by atoms with van der Waals surface area (Å²) >= 11 is 1.40. The molecule has 0 unspecified atom stereocenters. The Balaban J connectivity index is 1.82. The van der Waals surface area contributed by atoms with Gasteiger partial charge < -0.3 is 10.2 Å². The zero-order valence-corrected chi connectivity index (χ0v) is 15.8. The van der Waals surface area contributed by atoms with E-state index in [1.54, 1.807) is 25.3 Å². The average molecular weight is 364 g/mol. The summed E-state index contributed by atoms with van der Waals surface area (Å²) in [6.07, 6.45) is 2.31. The molecule has 25 heavy (non-hydrogen) atoms. The van der Waals surface area contributed by atoms with Gasteiger partial charge >= 0.3 is 6.03 Å². The molecule has 1 aromatic carbocycles. The van der Waals surface area contributed by atoms with Crippen molar-refractivity contribution in [2.75, 3.05) is 31.5 Å². The van der Waals surface area contributed by atoms with Crippen LogP contribution in [0.5, 0.6) is 0 Å². The van der Waals surface area contributed by atoms with Gasteiger partial charge in [0.25, 0.3) is 0 Å². The van der Waals surface area contributed by atoms with E-state index in [1.165, 1.54) is 11.3 Å². The highest BCUT2D eigenvalue weighted by Gasteiger charge is 2.08. The predicted octanol–water partition coefficient (Wildman–Crippen LogP) is 3.64. The molecule has 2 rings (SSSR count). The summed E-state index contributed by atoms with van der Waals surface area (Å²) in [5.74, 6) is -0.201. The molecule has 1 aromatic heterocycles. The van der Waals surface area contributed by atoms with E-state index in [1.807, 2.05) is 6.07 Å². The third-order valence-electron chi connectivity index (χ3n) is 4.00. The maximum absolute atomic E-state index is 13.6. The lowest BCUT2D eigenvalue weighted by molar-refractivity contribution is 0.248. The molecule has 2 amide bonds. The van der Waals surface area contributed by atoms with Crippen molar-refractivity contribution in [3.63, 3.8) is 0 Å². The number of likely N-dealkylation sites (N-methyl/N-ethyl adjacent to an activating group) is 1. The molecule has 7 heteroatoms. The normalized spacial score (nSPS) is 10.9. The Morgan fingerprint density at radius 3 is 2.76 bits per heavy atom. The van der Waals surface area contributed by atoms with E-state index in [0.717, 1.165) is 30.1 Å². The highest BCUT2D eigenvalue weighted by atomic mass is 32.1. The number of nitrogens with zero attached hydrogens (tertiary/aromatic N) is 2. The Hall–Kier alpha value is -1.99. The molecule has 0 saturated heterocycles. The van der Waals surface area contributed by atoms with E-state index in [0.29, 0.717) is 23.7 Å². The van der Waals surface area contributed by atoms with Crippen LogP contribution >= 0.6 is 11.3 Å². The van der Waals surface area contributed by atoms with Gasteiger partial charge in [0.15, 0.2) is 5.13 Å². The Morgan fingerprint density at radius 1 is 1.32 bits per heavy atom. The topological polar surface area (TPSA) is 57.3 Å². The molecule has 0 saturated carbocycles. The second-order valence-corrected chi connectivity index (χ2v) is 6.92. The van der Waals surface area contributed by atoms with Crippen molar-refractivity contribution in [2.45, 2.75) is 27.2 Å². The third-order valence-corrected chi connectivity index (χ3v) is 4.91. The van der Waals surface area contributed by atoms with Gasteiger partial charge in [0.1, 0.15) is 5.82 Å². The number of aromatic nitrogens is 1. The third kappa shape index (κ3) is 6.10. The van der Waals surface area contributed by atoms with Crippen LogP contribution < -0.4 is 10.6 Å². The summed E-state index contributed by atoms with van der Waals surface area (Å²) in [6, 6.07) is 4.97. The molecular weight excluding hydrogens is 339 g/mol. The lowest BCUT2D eigenvalue weighted by Crippen LogP contribution is -2.36. The lowest BCUT2D eigenvalue weighted by atomic mass is 10.1. The number of hydrogen-bond donors (Lipinski definition) is 2. The number of thiazole rings is 1. The fraction of sp³-hybridized carbons (Fsp3) is 0.444. The van der Waals surface area contributed by atoms with E-state index in [-0.39, 0.29) is 11.8 Å². The second kappa shape index (κ2) is 9.48. The van der Waals surface area contributed by atoms with Crippen LogP contribution in [0.2, 0.25) is 0 Å². The zero-order valence-electron chi connectivity index (χ0n) is 14.9. The van der Waals surface area contributed by atoms with Crippen molar-refractivity contribution in [2.24, 2.45) is 0 Å². The van der Waals surface area contributed by atoms with Crippen molar-refractivity contribution in [3.05, 3.63) is 46.2 Å². The zero-order chi connectivity index (χ0) is 18.2. The molecule has 1 heterocycles. The molecule has 0 bridgehead atoms. The predicted molar refractivity (Wildman–Crippen MR) is 101 cm³/mol. The van der Waals surface area contributed by atoms with Crippen molar-refractivity contribution in [1.29, 1.82) is 0 Å². The molecule has 136 valence electrons. The number of hydrogen-bond acceptors (Lipinski definition) is 4. The number of halogens is 1. The van der Waals surface area contributed by atoms with Gasteiger partial charge in [-0.2, -0.15) is 0 Å². The first-order valence-corrected chi connectivity index (χ1v) is 9.30. The van der Waals surface area contributed by atoms with Gasteiger partial charge in [0.2, 0.25) is 0 Å². The SMILES string of the molecule is CCN(CC)CCNC(=O)Nc1ncc(Cc2ccc(C)c(F)c2)s1. The van der Waals surface area contributed by atoms with E-state index < -0.39 is 0 Å². The van der Waals surface area contributed by atoms with Gasteiger partial charge in [-0.15, -0.1) is 11.3 Å². The molecule has 5 nitrogen and oxygen atoms in total. The minimum absolute atomic E-state index is 0.201. The lowest BCUT2D eigenvalue weighted by Gasteiger charge is -2.17. The number of carbonyl (C=O) groups is 1. The van der Waals surface area contributed by atoms with E-state index in [4.69, 9.17) is 0 Å². The minimum Gasteiger partial charge on any atom is -0.337 e. The van der Waals surface area contributed by atoms with E-state index >= 15 is 0 Å². The number of amides is 2. The van der Waals surface area contributed by atoms with Crippen LogP contribution in [0.3, 0.4) is 0 Å². The Kier molecular flexibility index (Phi) is 7.33. The Labute approximate surface area is 152 Å². The molecule has 0 aliphatic carbocycles. The summed E-state index contributed by atoms with van der Waals surface area (Å²) in [5.41, 5.74) is 1.53. The van der Waals surface area contributed by atoms with Crippen LogP contribution in [0.15, 0.2) is 24.4 Å². The molecule has 0 atom stereocenters. The maximum atomic E-state index is 13.6. The Morgan fingerprint density at radius 2 is 2.08 bits per heavy atom. The van der Waals surface area contributed by atoms with Crippen LogP contribution in [0.1, 0.15) is 29.9 Å². The number of carbonyl (C=O) groups excluding carboxylic acids is 1. The fourth-order valence-electron chi connectivity index (χ4n) is 2.40. The van der Waals surface area contributed by atoms with Gasteiger partial charge in [0.05, 0.1) is 0 Å². The van der Waals surface area contributed by atoms with Crippen LogP contribution in [0.4, 0.5) is 14.3 Å². The average Bonchev–Trinajstić information content (AvgIpc) is 3.02. The van der Waals surface area contributed by atoms with Crippen LogP contribution in [0, 0.1) is 12.7 Å². The summed E-state index contributed by atoms with van der Waals surface area (Å²) in [4.78, 5) is 19.3. The van der Waals surface area contributed by atoms with Crippen LogP contribution in [0.25, 0.3) is 0 Å². The van der Waals surface area contributed by atoms with E-state index in [2.05, 4.69) is 34.4 Å². The van der Waals surface area contributed by atoms with Gasteiger partial charge in [-0.05, 0) is 37.2 Å². The number of rotatable bonds is 8. The number of anilines is 1. The van der Waals surface area contributed by atoms with Gasteiger partial charge in [-0.25, -0.2) is 14.2 Å². The smallest absolute Gasteiger partial charge is 0.321 e. The monoisotopic (exact) mass is 364 g/mol. The molecule has 0 aliphatic rings. The summed E-state index contributed by atoms with van der Waals surface area (Å²) in [7, 11) is 0. The quantitative estimate of drug-likeness (QED) is 0.752. The first-order chi connectivity index (χ1) is 12.0. The summed E-state index contributed by atoms with van der Waals surface area (Å²) < 4.78 is 13.6. The van der Waals surface area contributed by atoms with Gasteiger partial charge in [0, 0.05) is 30.6 Å².